The molecule has 0 bridgehead atoms. The Kier molecular flexibility index (Phi) is 3.36. The standard InChI is InChI=1S/C18H18N4/c19-9-14-3-1-2-4-15(14)11-22-8-7-17-16(12-22)10-20-18(21-17)13-5-6-13/h1-4,10,13H,5-8,11-12H2. The van der Waals surface area contributed by atoms with E-state index >= 15 is 0 Å². The third-order valence-electron chi connectivity index (χ3n) is 4.51. The lowest BCUT2D eigenvalue weighted by Gasteiger charge is -2.28. The molecule has 0 radical (unpaired) electrons. The molecule has 4 rings (SSSR count). The molecule has 0 atom stereocenters. The monoisotopic (exact) mass is 290 g/mol. The van der Waals surface area contributed by atoms with E-state index in [9.17, 15) is 5.26 Å². The Morgan fingerprint density at radius 1 is 1.27 bits per heavy atom. The van der Waals surface area contributed by atoms with Crippen LogP contribution in [0.2, 0.25) is 0 Å². The fourth-order valence-electron chi connectivity index (χ4n) is 3.07. The third-order valence-corrected chi connectivity index (χ3v) is 4.51. The summed E-state index contributed by atoms with van der Waals surface area (Å²) < 4.78 is 0. The highest BCUT2D eigenvalue weighted by atomic mass is 15.1. The van der Waals surface area contributed by atoms with Crippen LogP contribution in [-0.4, -0.2) is 21.4 Å². The predicted molar refractivity (Wildman–Crippen MR) is 83.0 cm³/mol. The summed E-state index contributed by atoms with van der Waals surface area (Å²) in [6.45, 7) is 2.68. The largest absolute Gasteiger partial charge is 0.294 e. The Labute approximate surface area is 130 Å². The Balaban J connectivity index is 1.51. The molecule has 1 aliphatic heterocycles. The predicted octanol–water partition coefficient (Wildman–Crippen LogP) is 2.78. The maximum absolute atomic E-state index is 9.21. The van der Waals surface area contributed by atoms with E-state index in [1.807, 2.05) is 30.5 Å². The summed E-state index contributed by atoms with van der Waals surface area (Å²) in [4.78, 5) is 11.7. The van der Waals surface area contributed by atoms with Crippen LogP contribution in [-0.2, 0) is 19.5 Å². The van der Waals surface area contributed by atoms with Crippen molar-refractivity contribution in [2.45, 2.75) is 38.3 Å². The minimum atomic E-state index is 0.617. The number of hydrogen-bond donors (Lipinski definition) is 0. The Morgan fingerprint density at radius 2 is 2.14 bits per heavy atom. The Hall–Kier alpha value is -2.25. The smallest absolute Gasteiger partial charge is 0.131 e. The van der Waals surface area contributed by atoms with E-state index in [0.29, 0.717) is 5.92 Å². The second-order valence-corrected chi connectivity index (χ2v) is 6.20. The zero-order chi connectivity index (χ0) is 14.9. The average Bonchev–Trinajstić information content (AvgIpc) is 3.40. The molecule has 2 aromatic rings. The summed E-state index contributed by atoms with van der Waals surface area (Å²) in [5.41, 5.74) is 4.34. The molecule has 4 heteroatoms. The maximum Gasteiger partial charge on any atom is 0.131 e. The molecule has 1 aromatic carbocycles. The molecule has 1 aliphatic carbocycles. The van der Waals surface area contributed by atoms with Crippen molar-refractivity contribution in [1.82, 2.24) is 14.9 Å². The molecule has 2 heterocycles. The topological polar surface area (TPSA) is 52.8 Å². The van der Waals surface area contributed by atoms with E-state index in [4.69, 9.17) is 4.98 Å². The van der Waals surface area contributed by atoms with Crippen molar-refractivity contribution in [1.29, 1.82) is 5.26 Å². The molecule has 1 fully saturated rings. The number of rotatable bonds is 3. The molecule has 0 amide bonds. The summed E-state index contributed by atoms with van der Waals surface area (Å²) in [6, 6.07) is 10.1. The van der Waals surface area contributed by atoms with Gasteiger partial charge in [0.05, 0.1) is 11.6 Å². The highest BCUT2D eigenvalue weighted by Gasteiger charge is 2.28. The Bertz CT molecular complexity index is 743. The summed E-state index contributed by atoms with van der Waals surface area (Å²) in [7, 11) is 0. The van der Waals surface area contributed by atoms with Gasteiger partial charge in [-0.25, -0.2) is 9.97 Å². The minimum Gasteiger partial charge on any atom is -0.294 e. The molecule has 2 aliphatic rings. The summed E-state index contributed by atoms with van der Waals surface area (Å²) in [6.07, 6.45) is 5.48. The van der Waals surface area contributed by atoms with Gasteiger partial charge in [-0.15, -0.1) is 0 Å². The minimum absolute atomic E-state index is 0.617. The molecule has 0 unspecified atom stereocenters. The molecule has 1 saturated carbocycles. The number of hydrogen-bond acceptors (Lipinski definition) is 4. The van der Waals surface area contributed by atoms with E-state index in [0.717, 1.165) is 43.0 Å². The van der Waals surface area contributed by atoms with Gasteiger partial charge in [-0.3, -0.25) is 4.90 Å². The second kappa shape index (κ2) is 5.51. The quantitative estimate of drug-likeness (QED) is 0.872. The molecule has 0 spiro atoms. The van der Waals surface area contributed by atoms with Crippen LogP contribution in [0.4, 0.5) is 0 Å². The normalized spacial score (nSPS) is 17.8. The van der Waals surface area contributed by atoms with Gasteiger partial charge in [0.25, 0.3) is 0 Å². The van der Waals surface area contributed by atoms with Gasteiger partial charge >= 0.3 is 0 Å². The van der Waals surface area contributed by atoms with E-state index < -0.39 is 0 Å². The summed E-state index contributed by atoms with van der Waals surface area (Å²) in [5.74, 6) is 1.66. The van der Waals surface area contributed by atoms with E-state index in [1.54, 1.807) is 0 Å². The lowest BCUT2D eigenvalue weighted by atomic mass is 10.0. The van der Waals surface area contributed by atoms with Crippen LogP contribution in [0.3, 0.4) is 0 Å². The van der Waals surface area contributed by atoms with Crippen molar-refractivity contribution in [2.24, 2.45) is 0 Å². The SMILES string of the molecule is N#Cc1ccccc1CN1CCc2nc(C3CC3)ncc2C1. The molecular weight excluding hydrogens is 272 g/mol. The van der Waals surface area contributed by atoms with Crippen molar-refractivity contribution in [3.8, 4) is 6.07 Å². The number of benzene rings is 1. The first-order valence-electron chi connectivity index (χ1n) is 7.88. The van der Waals surface area contributed by atoms with Gasteiger partial charge in [-0.1, -0.05) is 18.2 Å². The number of aromatic nitrogens is 2. The van der Waals surface area contributed by atoms with Crippen LogP contribution in [0.25, 0.3) is 0 Å². The van der Waals surface area contributed by atoms with Crippen LogP contribution >= 0.6 is 0 Å². The van der Waals surface area contributed by atoms with Gasteiger partial charge in [-0.05, 0) is 24.5 Å². The van der Waals surface area contributed by atoms with Gasteiger partial charge in [0.2, 0.25) is 0 Å². The lowest BCUT2D eigenvalue weighted by Crippen LogP contribution is -2.31. The Morgan fingerprint density at radius 3 is 2.95 bits per heavy atom. The zero-order valence-electron chi connectivity index (χ0n) is 12.5. The van der Waals surface area contributed by atoms with Crippen LogP contribution in [0.15, 0.2) is 30.5 Å². The highest BCUT2D eigenvalue weighted by Crippen LogP contribution is 2.38. The van der Waals surface area contributed by atoms with Crippen molar-refractivity contribution in [3.05, 3.63) is 58.7 Å². The number of fused-ring (bicyclic) bond motifs is 1. The highest BCUT2D eigenvalue weighted by molar-refractivity contribution is 5.37. The molecule has 22 heavy (non-hydrogen) atoms. The van der Waals surface area contributed by atoms with Crippen molar-refractivity contribution in [2.75, 3.05) is 6.54 Å². The number of nitriles is 1. The van der Waals surface area contributed by atoms with Gasteiger partial charge in [-0.2, -0.15) is 5.26 Å². The van der Waals surface area contributed by atoms with Crippen molar-refractivity contribution in [3.63, 3.8) is 0 Å². The molecular formula is C18H18N4. The van der Waals surface area contributed by atoms with Gasteiger partial charge in [0, 0.05) is 49.4 Å². The first-order valence-corrected chi connectivity index (χ1v) is 7.88. The maximum atomic E-state index is 9.21. The zero-order valence-corrected chi connectivity index (χ0v) is 12.5. The van der Waals surface area contributed by atoms with Crippen molar-refractivity contribution >= 4 is 0 Å². The van der Waals surface area contributed by atoms with E-state index in [1.165, 1.54) is 24.1 Å². The molecule has 0 saturated heterocycles. The van der Waals surface area contributed by atoms with Crippen LogP contribution < -0.4 is 0 Å². The third kappa shape index (κ3) is 2.60. The molecule has 110 valence electrons. The van der Waals surface area contributed by atoms with Crippen LogP contribution in [0.5, 0.6) is 0 Å². The van der Waals surface area contributed by atoms with Crippen molar-refractivity contribution < 1.29 is 0 Å². The summed E-state index contributed by atoms with van der Waals surface area (Å²) >= 11 is 0. The lowest BCUT2D eigenvalue weighted by molar-refractivity contribution is 0.242. The molecule has 1 aromatic heterocycles. The van der Waals surface area contributed by atoms with Crippen LogP contribution in [0, 0.1) is 11.3 Å². The first kappa shape index (κ1) is 13.4. The van der Waals surface area contributed by atoms with Gasteiger partial charge in [0.15, 0.2) is 0 Å². The second-order valence-electron chi connectivity index (χ2n) is 6.20. The van der Waals surface area contributed by atoms with E-state index in [-0.39, 0.29) is 0 Å². The fourth-order valence-corrected chi connectivity index (χ4v) is 3.07. The van der Waals surface area contributed by atoms with Crippen LogP contribution in [0.1, 0.15) is 47.0 Å². The molecule has 4 nitrogen and oxygen atoms in total. The average molecular weight is 290 g/mol. The van der Waals surface area contributed by atoms with Gasteiger partial charge < -0.3 is 0 Å². The fraction of sp³-hybridized carbons (Fsp3) is 0.389. The van der Waals surface area contributed by atoms with E-state index in [2.05, 4.69) is 16.0 Å². The first-order chi connectivity index (χ1) is 10.8. The molecule has 0 N–H and O–H groups in total. The van der Waals surface area contributed by atoms with Gasteiger partial charge in [0.1, 0.15) is 5.82 Å². The summed E-state index contributed by atoms with van der Waals surface area (Å²) in [5, 5.41) is 9.21. The number of nitrogens with zero attached hydrogens (tertiary/aromatic N) is 4.